The standard InChI is InChI=1S/C26H17F2N5O3S2/c27-21-5-3-16(9-22(21)28)23-10-20(17-2-1-7-30-12-17)25(13-31-23)36-24-6-4-19(8-18(24)11-29)38(34,35)33-26-14-37-15-32-26/h1-10,12,14-15,31,33H,13H2. The van der Waals surface area contributed by atoms with Crippen LogP contribution in [-0.4, -0.2) is 24.9 Å². The number of halogens is 2. The van der Waals surface area contributed by atoms with E-state index in [-0.39, 0.29) is 28.6 Å². The molecule has 1 aliphatic rings. The largest absolute Gasteiger partial charge is 0.458 e. The minimum atomic E-state index is -3.98. The van der Waals surface area contributed by atoms with Crippen molar-refractivity contribution in [3.8, 4) is 11.8 Å². The number of ether oxygens (including phenoxy) is 1. The quantitative estimate of drug-likeness (QED) is 0.336. The fourth-order valence-corrected chi connectivity index (χ4v) is 5.28. The van der Waals surface area contributed by atoms with Crippen molar-refractivity contribution >= 4 is 38.4 Å². The van der Waals surface area contributed by atoms with Crippen molar-refractivity contribution < 1.29 is 21.9 Å². The number of allylic oxidation sites excluding steroid dienone is 2. The van der Waals surface area contributed by atoms with E-state index in [1.165, 1.54) is 41.1 Å². The van der Waals surface area contributed by atoms with Crippen LogP contribution in [0.15, 0.2) is 88.5 Å². The fraction of sp³-hybridized carbons (Fsp3) is 0.0385. The first-order chi connectivity index (χ1) is 18.3. The molecule has 12 heteroatoms. The van der Waals surface area contributed by atoms with E-state index in [4.69, 9.17) is 4.74 Å². The smallest absolute Gasteiger partial charge is 0.263 e. The summed E-state index contributed by atoms with van der Waals surface area (Å²) >= 11 is 1.24. The highest BCUT2D eigenvalue weighted by atomic mass is 32.2. The van der Waals surface area contributed by atoms with E-state index in [0.717, 1.165) is 12.1 Å². The molecule has 0 aliphatic carbocycles. The maximum absolute atomic E-state index is 13.9. The van der Waals surface area contributed by atoms with Gasteiger partial charge in [-0.25, -0.2) is 22.2 Å². The fourth-order valence-electron chi connectivity index (χ4n) is 3.70. The van der Waals surface area contributed by atoms with Crippen LogP contribution >= 0.6 is 11.3 Å². The molecule has 0 saturated heterocycles. The van der Waals surface area contributed by atoms with Gasteiger partial charge in [-0.15, -0.1) is 11.3 Å². The Hall–Kier alpha value is -4.60. The average molecular weight is 550 g/mol. The van der Waals surface area contributed by atoms with Crippen molar-refractivity contribution in [1.82, 2.24) is 15.3 Å². The van der Waals surface area contributed by atoms with E-state index in [2.05, 4.69) is 20.0 Å². The van der Waals surface area contributed by atoms with E-state index in [9.17, 15) is 22.5 Å². The van der Waals surface area contributed by atoms with Crippen molar-refractivity contribution in [3.63, 3.8) is 0 Å². The maximum atomic E-state index is 13.9. The third-order valence-electron chi connectivity index (χ3n) is 5.52. The molecule has 2 aromatic carbocycles. The Kier molecular flexibility index (Phi) is 6.87. The van der Waals surface area contributed by atoms with Gasteiger partial charge in [0.1, 0.15) is 17.6 Å². The van der Waals surface area contributed by atoms with Crippen LogP contribution in [0.4, 0.5) is 14.6 Å². The van der Waals surface area contributed by atoms with E-state index in [0.29, 0.717) is 28.2 Å². The number of dihydropyridines is 1. The van der Waals surface area contributed by atoms with Gasteiger partial charge in [-0.2, -0.15) is 5.26 Å². The van der Waals surface area contributed by atoms with Crippen molar-refractivity contribution in [2.75, 3.05) is 11.3 Å². The van der Waals surface area contributed by atoms with Gasteiger partial charge >= 0.3 is 0 Å². The van der Waals surface area contributed by atoms with Gasteiger partial charge in [0.2, 0.25) is 0 Å². The molecule has 2 N–H and O–H groups in total. The van der Waals surface area contributed by atoms with E-state index in [1.54, 1.807) is 36.0 Å². The van der Waals surface area contributed by atoms with Gasteiger partial charge in [0.25, 0.3) is 10.0 Å². The van der Waals surface area contributed by atoms with Crippen molar-refractivity contribution in [1.29, 1.82) is 5.26 Å². The number of anilines is 1. The molecule has 1 aliphatic heterocycles. The third-order valence-corrected chi connectivity index (χ3v) is 7.46. The highest BCUT2D eigenvalue weighted by Gasteiger charge is 2.22. The van der Waals surface area contributed by atoms with Gasteiger partial charge in [0.15, 0.2) is 17.5 Å². The average Bonchev–Trinajstić information content (AvgIpc) is 3.43. The minimum Gasteiger partial charge on any atom is -0.458 e. The second-order valence-corrected chi connectivity index (χ2v) is 10.4. The first kappa shape index (κ1) is 25.1. The number of hydrogen-bond acceptors (Lipinski definition) is 8. The van der Waals surface area contributed by atoms with Gasteiger partial charge in [-0.1, -0.05) is 6.07 Å². The molecule has 0 bridgehead atoms. The Morgan fingerprint density at radius 2 is 1.97 bits per heavy atom. The Bertz CT molecular complexity index is 1720. The monoisotopic (exact) mass is 549 g/mol. The number of pyridine rings is 1. The van der Waals surface area contributed by atoms with E-state index in [1.807, 2.05) is 6.07 Å². The summed E-state index contributed by atoms with van der Waals surface area (Å²) in [5.74, 6) is -1.19. The van der Waals surface area contributed by atoms with Crippen LogP contribution in [0.3, 0.4) is 0 Å². The molecular formula is C26H17F2N5O3S2. The van der Waals surface area contributed by atoms with Crippen molar-refractivity contribution in [2.24, 2.45) is 0 Å². The van der Waals surface area contributed by atoms with Gasteiger partial charge in [0, 0.05) is 40.2 Å². The molecule has 0 amide bonds. The molecule has 5 rings (SSSR count). The molecule has 0 fully saturated rings. The molecule has 2 aromatic heterocycles. The van der Waals surface area contributed by atoms with Gasteiger partial charge in [-0.05, 0) is 48.5 Å². The van der Waals surface area contributed by atoms with Crippen LogP contribution in [0, 0.1) is 23.0 Å². The third kappa shape index (κ3) is 5.24. The summed E-state index contributed by atoms with van der Waals surface area (Å²) in [6.07, 6.45) is 4.94. The normalized spacial score (nSPS) is 13.3. The Balaban J connectivity index is 1.52. The van der Waals surface area contributed by atoms with Crippen LogP contribution in [0.25, 0.3) is 11.3 Å². The maximum Gasteiger partial charge on any atom is 0.263 e. The number of sulfonamides is 1. The lowest BCUT2D eigenvalue weighted by atomic mass is 9.99. The summed E-state index contributed by atoms with van der Waals surface area (Å²) in [5.41, 5.74) is 3.75. The summed E-state index contributed by atoms with van der Waals surface area (Å²) in [6.45, 7) is 0.144. The lowest BCUT2D eigenvalue weighted by Gasteiger charge is -2.23. The molecule has 0 radical (unpaired) electrons. The van der Waals surface area contributed by atoms with E-state index >= 15 is 0 Å². The first-order valence-electron chi connectivity index (χ1n) is 11.0. The molecule has 0 unspecified atom stereocenters. The number of nitrogens with one attached hydrogen (secondary N) is 2. The highest BCUT2D eigenvalue weighted by molar-refractivity contribution is 7.92. The predicted molar refractivity (Wildman–Crippen MR) is 138 cm³/mol. The van der Waals surface area contributed by atoms with Crippen LogP contribution in [0.1, 0.15) is 16.7 Å². The molecule has 190 valence electrons. The summed E-state index contributed by atoms with van der Waals surface area (Å²) in [5, 5.41) is 14.4. The van der Waals surface area contributed by atoms with Gasteiger partial charge < -0.3 is 10.1 Å². The molecule has 0 saturated carbocycles. The molecule has 38 heavy (non-hydrogen) atoms. The number of nitrogens with zero attached hydrogens (tertiary/aromatic N) is 3. The van der Waals surface area contributed by atoms with Crippen LogP contribution in [-0.2, 0) is 10.0 Å². The number of rotatable bonds is 7. The van der Waals surface area contributed by atoms with Crippen LogP contribution < -0.4 is 14.8 Å². The Morgan fingerprint density at radius 3 is 2.68 bits per heavy atom. The number of benzene rings is 2. The number of thiazole rings is 1. The summed E-state index contributed by atoms with van der Waals surface area (Å²) in [6, 6.07) is 13.1. The molecular weight excluding hydrogens is 532 g/mol. The zero-order chi connectivity index (χ0) is 26.7. The van der Waals surface area contributed by atoms with Crippen LogP contribution in [0.5, 0.6) is 5.75 Å². The number of hydrogen-bond donors (Lipinski definition) is 2. The first-order valence-corrected chi connectivity index (χ1v) is 13.4. The minimum absolute atomic E-state index is 0.000397. The summed E-state index contributed by atoms with van der Waals surface area (Å²) < 4.78 is 61.3. The van der Waals surface area contributed by atoms with E-state index < -0.39 is 21.7 Å². The molecule has 8 nitrogen and oxygen atoms in total. The van der Waals surface area contributed by atoms with Crippen molar-refractivity contribution in [2.45, 2.75) is 4.90 Å². The zero-order valence-electron chi connectivity index (χ0n) is 19.4. The Labute approximate surface area is 220 Å². The second kappa shape index (κ2) is 10.4. The SMILES string of the molecule is N#Cc1cc(S(=O)(=O)Nc2cscn2)ccc1OC1=C(c2cccnc2)C=C(c2ccc(F)c(F)c2)NC1. The number of nitriles is 1. The molecule has 3 heterocycles. The highest BCUT2D eigenvalue weighted by Crippen LogP contribution is 2.32. The second-order valence-electron chi connectivity index (χ2n) is 7.97. The summed E-state index contributed by atoms with van der Waals surface area (Å²) in [7, 11) is -3.98. The zero-order valence-corrected chi connectivity index (χ0v) is 21.0. The predicted octanol–water partition coefficient (Wildman–Crippen LogP) is 4.92. The molecule has 0 atom stereocenters. The molecule has 0 spiro atoms. The molecule has 4 aromatic rings. The number of aromatic nitrogens is 2. The lowest BCUT2D eigenvalue weighted by Crippen LogP contribution is -2.24. The summed E-state index contributed by atoms with van der Waals surface area (Å²) in [4.78, 5) is 7.94. The van der Waals surface area contributed by atoms with Crippen LogP contribution in [0.2, 0.25) is 0 Å². The Morgan fingerprint density at radius 1 is 1.11 bits per heavy atom. The lowest BCUT2D eigenvalue weighted by molar-refractivity contribution is 0.411. The van der Waals surface area contributed by atoms with Gasteiger partial charge in [-0.3, -0.25) is 9.71 Å². The van der Waals surface area contributed by atoms with Gasteiger partial charge in [0.05, 0.1) is 22.5 Å². The van der Waals surface area contributed by atoms with Crippen molar-refractivity contribution in [3.05, 3.63) is 112 Å². The topological polar surface area (TPSA) is 117 Å².